The van der Waals surface area contributed by atoms with Crippen LogP contribution in [-0.4, -0.2) is 69.9 Å². The number of rotatable bonds is 4. The number of halogens is 4. The fourth-order valence-corrected chi connectivity index (χ4v) is 2.61. The van der Waals surface area contributed by atoms with E-state index in [1.54, 1.807) is 0 Å². The standard InChI is InChI=1S/C13H11ClF3NO7.C3H7NO.H4NO/c14-6-1-5-2-7(11(19)23-4-24-18)10(12(15,16)17)25-9(5)8(3-6)13(20,21)22;5-3-1-4-2-3;1-2/h1-3,10,20-22H,4,18H2;3-5H,1-2H2;2H,1H3/q;;+1. The number of alkyl halides is 3. The van der Waals surface area contributed by atoms with Gasteiger partial charge in [-0.1, -0.05) is 11.6 Å². The van der Waals surface area contributed by atoms with Gasteiger partial charge in [0, 0.05) is 23.7 Å². The van der Waals surface area contributed by atoms with Gasteiger partial charge in [-0.3, -0.25) is 4.84 Å². The summed E-state index contributed by atoms with van der Waals surface area (Å²) in [6.07, 6.45) is -7.18. The van der Waals surface area contributed by atoms with Gasteiger partial charge in [-0.15, -0.1) is 0 Å². The Bertz CT molecular complexity index is 814. The number of hydrogen-bond donors (Lipinski definition) is 8. The Morgan fingerprint density at radius 2 is 1.84 bits per heavy atom. The molecule has 0 spiro atoms. The molecular formula is C16H22ClF3N3O9+. The summed E-state index contributed by atoms with van der Waals surface area (Å²) in [5.74, 6) is 1.22. The van der Waals surface area contributed by atoms with E-state index in [0.29, 0.717) is 0 Å². The van der Waals surface area contributed by atoms with Crippen LogP contribution in [0, 0.1) is 0 Å². The number of hydrogen-bond acceptors (Lipinski definition) is 11. The molecule has 0 aliphatic carbocycles. The second-order valence-corrected chi connectivity index (χ2v) is 6.61. The third-order valence-electron chi connectivity index (χ3n) is 3.82. The zero-order valence-corrected chi connectivity index (χ0v) is 16.9. The van der Waals surface area contributed by atoms with Crippen LogP contribution in [0.5, 0.6) is 5.75 Å². The third kappa shape index (κ3) is 7.52. The first kappa shape index (κ1) is 28.0. The van der Waals surface area contributed by atoms with E-state index in [1.165, 1.54) is 0 Å². The molecule has 2 heterocycles. The van der Waals surface area contributed by atoms with Crippen molar-refractivity contribution in [3.8, 4) is 5.75 Å². The monoisotopic (exact) mass is 492 g/mol. The molecule has 12 nitrogen and oxygen atoms in total. The summed E-state index contributed by atoms with van der Waals surface area (Å²) in [6, 6.07) is 1.89. The van der Waals surface area contributed by atoms with Gasteiger partial charge >= 0.3 is 18.1 Å². The predicted octanol–water partition coefficient (Wildman–Crippen LogP) is -1.91. The van der Waals surface area contributed by atoms with Crippen molar-refractivity contribution in [1.29, 1.82) is 0 Å². The number of quaternary nitrogens is 1. The lowest BCUT2D eigenvalue weighted by molar-refractivity contribution is -0.670. The molecule has 1 saturated heterocycles. The van der Waals surface area contributed by atoms with Gasteiger partial charge in [0.1, 0.15) is 5.75 Å². The molecule has 0 amide bonds. The first-order valence-corrected chi connectivity index (χ1v) is 8.87. The maximum absolute atomic E-state index is 13.2. The molecule has 0 bridgehead atoms. The summed E-state index contributed by atoms with van der Waals surface area (Å²) in [4.78, 5) is 15.8. The highest BCUT2D eigenvalue weighted by atomic mass is 35.5. The normalized spacial score (nSPS) is 17.8. The van der Waals surface area contributed by atoms with Crippen LogP contribution in [0.1, 0.15) is 11.1 Å². The number of nitrogens with two attached hydrogens (primary N) is 1. The lowest BCUT2D eigenvalue weighted by atomic mass is 9.98. The summed E-state index contributed by atoms with van der Waals surface area (Å²) in [5.41, 5.74) is -2.01. The highest BCUT2D eigenvalue weighted by Crippen LogP contribution is 2.42. The molecule has 1 aromatic rings. The first-order valence-electron chi connectivity index (χ1n) is 8.50. The van der Waals surface area contributed by atoms with E-state index in [0.717, 1.165) is 31.3 Å². The van der Waals surface area contributed by atoms with Crippen LogP contribution in [-0.2, 0) is 20.3 Å². The molecule has 32 heavy (non-hydrogen) atoms. The van der Waals surface area contributed by atoms with Crippen molar-refractivity contribution < 1.29 is 63.8 Å². The Kier molecular flexibility index (Phi) is 10.2. The van der Waals surface area contributed by atoms with Crippen LogP contribution >= 0.6 is 11.6 Å². The lowest BCUT2D eigenvalue weighted by Crippen LogP contribution is -2.46. The first-order chi connectivity index (χ1) is 14.8. The van der Waals surface area contributed by atoms with Crippen LogP contribution < -0.4 is 21.8 Å². The average molecular weight is 493 g/mol. The number of carbonyl (C=O) groups excluding carboxylic acids is 1. The van der Waals surface area contributed by atoms with Crippen LogP contribution in [0.4, 0.5) is 13.2 Å². The summed E-state index contributed by atoms with van der Waals surface area (Å²) in [7, 11) is 0. The molecule has 182 valence electrons. The molecule has 1 aromatic carbocycles. The summed E-state index contributed by atoms with van der Waals surface area (Å²) >= 11 is 5.73. The minimum atomic E-state index is -5.06. The summed E-state index contributed by atoms with van der Waals surface area (Å²) in [5, 5.41) is 45.8. The van der Waals surface area contributed by atoms with Gasteiger partial charge in [0.2, 0.25) is 12.9 Å². The van der Waals surface area contributed by atoms with Crippen molar-refractivity contribution in [2.45, 2.75) is 24.4 Å². The van der Waals surface area contributed by atoms with Gasteiger partial charge < -0.3 is 35.2 Å². The van der Waals surface area contributed by atoms with E-state index in [4.69, 9.17) is 26.7 Å². The van der Waals surface area contributed by atoms with E-state index in [9.17, 15) is 33.3 Å². The number of nitrogens with one attached hydrogen (secondary N) is 1. The highest BCUT2D eigenvalue weighted by molar-refractivity contribution is 6.31. The van der Waals surface area contributed by atoms with Crippen molar-refractivity contribution >= 4 is 23.6 Å². The molecule has 1 atom stereocenters. The smallest absolute Gasteiger partial charge is 0.430 e. The zero-order chi connectivity index (χ0) is 24.7. The van der Waals surface area contributed by atoms with Crippen LogP contribution in [0.3, 0.4) is 0 Å². The van der Waals surface area contributed by atoms with Gasteiger partial charge in [0.05, 0.1) is 17.2 Å². The topological polar surface area (TPSA) is 212 Å². The maximum Gasteiger partial charge on any atom is 0.430 e. The van der Waals surface area contributed by atoms with Crippen molar-refractivity contribution in [2.75, 3.05) is 19.9 Å². The number of carbonyl (C=O) groups is 1. The molecule has 16 heteroatoms. The molecule has 11 N–H and O–H groups in total. The molecule has 0 saturated carbocycles. The van der Waals surface area contributed by atoms with Gasteiger partial charge in [-0.25, -0.2) is 21.8 Å². The Morgan fingerprint density at radius 1 is 1.28 bits per heavy atom. The Hall–Kier alpha value is -2.05. The van der Waals surface area contributed by atoms with Crippen LogP contribution in [0.15, 0.2) is 17.7 Å². The summed E-state index contributed by atoms with van der Waals surface area (Å²) < 4.78 is 48.8. The van der Waals surface area contributed by atoms with Gasteiger partial charge in [-0.2, -0.15) is 13.2 Å². The average Bonchev–Trinajstić information content (AvgIpc) is 2.69. The zero-order valence-electron chi connectivity index (χ0n) is 16.2. The van der Waals surface area contributed by atoms with Crippen molar-refractivity contribution in [2.24, 2.45) is 5.90 Å². The number of β-amino-alcohol motifs (C(OH)–C–C–N with tert-alkyl or cyclic N) is 1. The molecule has 2 aliphatic heterocycles. The third-order valence-corrected chi connectivity index (χ3v) is 4.04. The fourth-order valence-electron chi connectivity index (χ4n) is 2.38. The quantitative estimate of drug-likeness (QED) is 0.132. The summed E-state index contributed by atoms with van der Waals surface area (Å²) in [6.45, 7) is 0.779. The molecule has 0 radical (unpaired) electrons. The SMILES string of the molecule is NOCOC(=O)C1=Cc2cc(Cl)cc(C(O)(O)O)c2OC1C(F)(F)F.OC1CNC1.[NH3+]O. The molecule has 0 aromatic heterocycles. The number of esters is 1. The van der Waals surface area contributed by atoms with Crippen LogP contribution in [0.2, 0.25) is 5.02 Å². The largest absolute Gasteiger partial charge is 0.475 e. The van der Waals surface area contributed by atoms with Crippen LogP contribution in [0.25, 0.3) is 6.08 Å². The Balaban J connectivity index is 0.000000629. The second-order valence-electron chi connectivity index (χ2n) is 6.17. The minimum absolute atomic E-state index is 0.0463. The van der Waals surface area contributed by atoms with E-state index in [-0.39, 0.29) is 16.7 Å². The number of fused-ring (bicyclic) bond motifs is 1. The number of aliphatic hydroxyl groups is 4. The molecule has 3 rings (SSSR count). The molecule has 2 aliphatic rings. The highest BCUT2D eigenvalue weighted by Gasteiger charge is 2.50. The number of aliphatic hydroxyl groups excluding tert-OH is 1. The second kappa shape index (κ2) is 11.7. The van der Waals surface area contributed by atoms with Gasteiger partial charge in [-0.05, 0) is 18.2 Å². The van der Waals surface area contributed by atoms with E-state index >= 15 is 0 Å². The number of ether oxygens (including phenoxy) is 2. The van der Waals surface area contributed by atoms with Gasteiger partial charge in [0.15, 0.2) is 0 Å². The number of benzene rings is 1. The Labute approximate surface area is 183 Å². The lowest BCUT2D eigenvalue weighted by Gasteiger charge is -2.30. The van der Waals surface area contributed by atoms with E-state index < -0.39 is 47.9 Å². The molecular weight excluding hydrogens is 471 g/mol. The molecule has 1 unspecified atom stereocenters. The van der Waals surface area contributed by atoms with E-state index in [1.807, 2.05) is 0 Å². The van der Waals surface area contributed by atoms with E-state index in [2.05, 4.69) is 26.7 Å². The minimum Gasteiger partial charge on any atom is -0.475 e. The fraction of sp³-hybridized carbons (Fsp3) is 0.438. The Morgan fingerprint density at radius 3 is 2.25 bits per heavy atom. The van der Waals surface area contributed by atoms with Crippen molar-refractivity contribution in [3.05, 3.63) is 33.9 Å². The predicted molar refractivity (Wildman–Crippen MR) is 98.0 cm³/mol. The molecule has 1 fully saturated rings. The van der Waals surface area contributed by atoms with Gasteiger partial charge in [0.25, 0.3) is 0 Å². The van der Waals surface area contributed by atoms with Crippen molar-refractivity contribution in [3.63, 3.8) is 0 Å². The van der Waals surface area contributed by atoms with Crippen molar-refractivity contribution in [1.82, 2.24) is 5.32 Å². The maximum atomic E-state index is 13.2.